The average molecular weight is 508 g/mol. The summed E-state index contributed by atoms with van der Waals surface area (Å²) >= 11 is 0. The van der Waals surface area contributed by atoms with Crippen LogP contribution >= 0.6 is 0 Å². The molecular weight excluding hydrogens is 481 g/mol. The molecule has 0 bridgehead atoms. The normalized spacial score (nSPS) is 11.3. The molecule has 1 amide bonds. The van der Waals surface area contributed by atoms with E-state index in [1.807, 2.05) is 0 Å². The second-order valence-corrected chi connectivity index (χ2v) is 8.03. The Morgan fingerprint density at radius 1 is 1.14 bits per heavy atom. The standard InChI is InChI=1S/C18H16N4O5.C8H10FN/c1-10(11-3-5-12(6-4-11)18(26)27-2)20-16(23)13-9-14(17(24)25)22-15(21-13)7-8-19-22;1-6-4-7(5-10)2-3-8(6)9/h3-10H,1-2H3,(H,20,23)(H,24,25);2-4H,5,10H2,1H3/t10-;/m0./s1. The highest BCUT2D eigenvalue weighted by Crippen LogP contribution is 2.15. The number of aromatic carboxylic acids is 1. The molecule has 0 radical (unpaired) electrons. The van der Waals surface area contributed by atoms with Gasteiger partial charge in [0.15, 0.2) is 11.3 Å². The summed E-state index contributed by atoms with van der Waals surface area (Å²) < 4.78 is 18.4. The van der Waals surface area contributed by atoms with Crippen LogP contribution in [0.3, 0.4) is 0 Å². The summed E-state index contributed by atoms with van der Waals surface area (Å²) in [6, 6.07) is 13.8. The third-order valence-electron chi connectivity index (χ3n) is 5.45. The Hall–Kier alpha value is -4.64. The van der Waals surface area contributed by atoms with Crippen molar-refractivity contribution in [3.8, 4) is 0 Å². The van der Waals surface area contributed by atoms with E-state index in [9.17, 15) is 23.9 Å². The second-order valence-electron chi connectivity index (χ2n) is 8.03. The molecule has 0 aliphatic heterocycles. The van der Waals surface area contributed by atoms with Gasteiger partial charge < -0.3 is 20.9 Å². The molecule has 37 heavy (non-hydrogen) atoms. The Bertz CT molecular complexity index is 1440. The molecule has 0 saturated heterocycles. The summed E-state index contributed by atoms with van der Waals surface area (Å²) in [4.78, 5) is 39.5. The SMILES string of the molecule is COC(=O)c1ccc([C@H](C)NC(=O)c2cc(C(=O)O)n3nccc3n2)cc1.Cc1cc(CN)ccc1F. The van der Waals surface area contributed by atoms with Gasteiger partial charge in [0.05, 0.1) is 24.9 Å². The first kappa shape index (κ1) is 27.0. The fraction of sp³-hybridized carbons (Fsp3) is 0.192. The molecule has 0 spiro atoms. The zero-order valence-corrected chi connectivity index (χ0v) is 20.4. The van der Waals surface area contributed by atoms with Crippen molar-refractivity contribution in [2.75, 3.05) is 7.11 Å². The number of halogens is 1. The second kappa shape index (κ2) is 11.9. The summed E-state index contributed by atoms with van der Waals surface area (Å²) in [6.07, 6.45) is 1.40. The zero-order chi connectivity index (χ0) is 27.1. The number of nitrogens with two attached hydrogens (primary N) is 1. The third-order valence-corrected chi connectivity index (χ3v) is 5.45. The molecule has 0 unspecified atom stereocenters. The van der Waals surface area contributed by atoms with Crippen LogP contribution in [0, 0.1) is 12.7 Å². The first-order chi connectivity index (χ1) is 17.6. The number of carboxylic acids is 1. The first-order valence-corrected chi connectivity index (χ1v) is 11.2. The molecule has 4 rings (SSSR count). The summed E-state index contributed by atoms with van der Waals surface area (Å²) in [7, 11) is 1.30. The molecule has 2 aromatic heterocycles. The van der Waals surface area contributed by atoms with E-state index in [1.165, 1.54) is 31.5 Å². The number of ether oxygens (including phenoxy) is 1. The van der Waals surface area contributed by atoms with E-state index in [2.05, 4.69) is 20.1 Å². The van der Waals surface area contributed by atoms with Crippen LogP contribution in [0.5, 0.6) is 0 Å². The van der Waals surface area contributed by atoms with Gasteiger partial charge in [-0.2, -0.15) is 5.10 Å². The van der Waals surface area contributed by atoms with Gasteiger partial charge in [-0.1, -0.05) is 24.3 Å². The molecule has 0 saturated carbocycles. The Labute approximate surface area is 211 Å². The minimum absolute atomic E-state index is 0.0292. The lowest BCUT2D eigenvalue weighted by Gasteiger charge is -2.15. The molecular formula is C26H26FN5O5. The van der Waals surface area contributed by atoms with Crippen LogP contribution in [0.25, 0.3) is 5.65 Å². The van der Waals surface area contributed by atoms with Crippen LogP contribution < -0.4 is 11.1 Å². The number of carbonyl (C=O) groups is 3. The van der Waals surface area contributed by atoms with E-state index in [4.69, 9.17) is 5.73 Å². The van der Waals surface area contributed by atoms with Crippen molar-refractivity contribution in [3.63, 3.8) is 0 Å². The minimum Gasteiger partial charge on any atom is -0.477 e. The summed E-state index contributed by atoms with van der Waals surface area (Å²) in [6.45, 7) is 3.97. The van der Waals surface area contributed by atoms with Crippen LogP contribution in [-0.2, 0) is 11.3 Å². The fourth-order valence-corrected chi connectivity index (χ4v) is 3.40. The van der Waals surface area contributed by atoms with Crippen LogP contribution in [0.1, 0.15) is 61.0 Å². The van der Waals surface area contributed by atoms with Crippen molar-refractivity contribution in [3.05, 3.63) is 100 Å². The molecule has 10 nitrogen and oxygen atoms in total. The number of fused-ring (bicyclic) bond motifs is 1. The number of hydrogen-bond donors (Lipinski definition) is 3. The van der Waals surface area contributed by atoms with E-state index in [0.717, 1.165) is 15.6 Å². The number of aromatic nitrogens is 3. The monoisotopic (exact) mass is 507 g/mol. The van der Waals surface area contributed by atoms with Gasteiger partial charge in [0.25, 0.3) is 5.91 Å². The predicted molar refractivity (Wildman–Crippen MR) is 133 cm³/mol. The molecule has 11 heteroatoms. The number of aryl methyl sites for hydroxylation is 1. The van der Waals surface area contributed by atoms with E-state index in [0.29, 0.717) is 17.7 Å². The van der Waals surface area contributed by atoms with Crippen molar-refractivity contribution >= 4 is 23.5 Å². The topological polar surface area (TPSA) is 149 Å². The van der Waals surface area contributed by atoms with Crippen LogP contribution in [0.4, 0.5) is 4.39 Å². The lowest BCUT2D eigenvalue weighted by molar-refractivity contribution is 0.0599. The predicted octanol–water partition coefficient (Wildman–Crippen LogP) is 3.30. The third kappa shape index (κ3) is 6.53. The number of rotatable bonds is 6. The number of benzene rings is 2. The van der Waals surface area contributed by atoms with Gasteiger partial charge in [0, 0.05) is 18.7 Å². The number of amides is 1. The number of esters is 1. The Kier molecular flexibility index (Phi) is 8.64. The molecule has 4 N–H and O–H groups in total. The van der Waals surface area contributed by atoms with Gasteiger partial charge in [-0.15, -0.1) is 0 Å². The van der Waals surface area contributed by atoms with E-state index >= 15 is 0 Å². The Morgan fingerprint density at radius 3 is 2.43 bits per heavy atom. The molecule has 0 aliphatic rings. The molecule has 192 valence electrons. The molecule has 0 fully saturated rings. The number of methoxy groups -OCH3 is 1. The van der Waals surface area contributed by atoms with Crippen molar-refractivity contribution in [2.24, 2.45) is 5.73 Å². The van der Waals surface area contributed by atoms with Gasteiger partial charge in [-0.05, 0) is 48.7 Å². The van der Waals surface area contributed by atoms with Gasteiger partial charge >= 0.3 is 11.9 Å². The highest BCUT2D eigenvalue weighted by atomic mass is 19.1. The van der Waals surface area contributed by atoms with Crippen molar-refractivity contribution in [2.45, 2.75) is 26.4 Å². The lowest BCUT2D eigenvalue weighted by Crippen LogP contribution is -2.28. The maximum absolute atomic E-state index is 12.6. The highest BCUT2D eigenvalue weighted by molar-refractivity contribution is 5.96. The summed E-state index contributed by atoms with van der Waals surface area (Å²) in [5, 5.41) is 15.9. The quantitative estimate of drug-likeness (QED) is 0.337. The van der Waals surface area contributed by atoms with Gasteiger partial charge in [-0.25, -0.2) is 23.5 Å². The van der Waals surface area contributed by atoms with Crippen molar-refractivity contribution in [1.82, 2.24) is 19.9 Å². The molecule has 4 aromatic rings. The molecule has 1 atom stereocenters. The van der Waals surface area contributed by atoms with Crippen molar-refractivity contribution in [1.29, 1.82) is 0 Å². The smallest absolute Gasteiger partial charge is 0.354 e. The number of hydrogen-bond acceptors (Lipinski definition) is 7. The summed E-state index contributed by atoms with van der Waals surface area (Å²) in [5.74, 6) is -2.35. The summed E-state index contributed by atoms with van der Waals surface area (Å²) in [5.41, 5.74) is 8.21. The largest absolute Gasteiger partial charge is 0.477 e. The number of carbonyl (C=O) groups excluding carboxylic acids is 2. The van der Waals surface area contributed by atoms with Gasteiger partial charge in [0.1, 0.15) is 11.5 Å². The van der Waals surface area contributed by atoms with Gasteiger partial charge in [-0.3, -0.25) is 4.79 Å². The Morgan fingerprint density at radius 2 is 1.84 bits per heavy atom. The zero-order valence-electron chi connectivity index (χ0n) is 20.4. The molecule has 0 aliphatic carbocycles. The number of nitrogens with one attached hydrogen (secondary N) is 1. The first-order valence-electron chi connectivity index (χ1n) is 11.2. The van der Waals surface area contributed by atoms with Crippen molar-refractivity contribution < 1.29 is 28.6 Å². The van der Waals surface area contributed by atoms with Crippen LogP contribution in [-0.4, -0.2) is 44.7 Å². The molecule has 2 aromatic carbocycles. The highest BCUT2D eigenvalue weighted by Gasteiger charge is 2.19. The van der Waals surface area contributed by atoms with E-state index in [-0.39, 0.29) is 28.9 Å². The Balaban J connectivity index is 0.000000319. The van der Waals surface area contributed by atoms with Gasteiger partial charge in [0.2, 0.25) is 0 Å². The van der Waals surface area contributed by atoms with Crippen LogP contribution in [0.15, 0.2) is 60.8 Å². The number of carboxylic acid groups (broad SMARTS) is 1. The molecule has 2 heterocycles. The average Bonchev–Trinajstić information content (AvgIpc) is 3.38. The fourth-order valence-electron chi connectivity index (χ4n) is 3.40. The number of nitrogens with zero attached hydrogens (tertiary/aromatic N) is 3. The van der Waals surface area contributed by atoms with E-state index < -0.39 is 17.8 Å². The maximum Gasteiger partial charge on any atom is 0.354 e. The van der Waals surface area contributed by atoms with Crippen LogP contribution in [0.2, 0.25) is 0 Å². The lowest BCUT2D eigenvalue weighted by atomic mass is 10.1. The van der Waals surface area contributed by atoms with E-state index in [1.54, 1.807) is 50.2 Å². The minimum atomic E-state index is -1.22. The maximum atomic E-state index is 12.6.